The number of piperidine rings is 1. The molecule has 1 amide bonds. The van der Waals surface area contributed by atoms with E-state index in [1.54, 1.807) is 29.3 Å². The molecule has 1 aliphatic rings. The summed E-state index contributed by atoms with van der Waals surface area (Å²) in [4.78, 5) is 13.4. The minimum atomic E-state index is -3.43. The van der Waals surface area contributed by atoms with Gasteiger partial charge in [0.15, 0.2) is 0 Å². The lowest BCUT2D eigenvalue weighted by atomic mass is 10.1. The topological polar surface area (TPSA) is 92.5 Å². The van der Waals surface area contributed by atoms with Gasteiger partial charge in [-0.2, -0.15) is 0 Å². The average Bonchev–Trinajstić information content (AvgIpc) is 2.93. The molecule has 0 saturated carbocycles. The van der Waals surface area contributed by atoms with Crippen molar-refractivity contribution in [3.8, 4) is 0 Å². The summed E-state index contributed by atoms with van der Waals surface area (Å²) in [6.07, 6.45) is 1.23. The van der Waals surface area contributed by atoms with Gasteiger partial charge in [0, 0.05) is 19.1 Å². The zero-order valence-electron chi connectivity index (χ0n) is 11.7. The zero-order chi connectivity index (χ0) is 14.8. The van der Waals surface area contributed by atoms with Gasteiger partial charge in [0.25, 0.3) is 0 Å². The van der Waals surface area contributed by atoms with Crippen LogP contribution in [0.2, 0.25) is 0 Å². The summed E-state index contributed by atoms with van der Waals surface area (Å²) in [6.45, 7) is 2.74. The Morgan fingerprint density at radius 1 is 1.48 bits per heavy atom. The highest BCUT2D eigenvalue weighted by atomic mass is 35.5. The van der Waals surface area contributed by atoms with Crippen LogP contribution in [0.25, 0.3) is 0 Å². The zero-order valence-corrected chi connectivity index (χ0v) is 14.1. The number of hydrogen-bond acceptors (Lipinski definition) is 5. The second-order valence-corrected chi connectivity index (χ2v) is 7.83. The van der Waals surface area contributed by atoms with Crippen LogP contribution in [0.15, 0.2) is 21.7 Å². The number of carbonyl (C=O) groups is 1. The molecule has 0 bridgehead atoms. The Morgan fingerprint density at radius 3 is 2.57 bits per heavy atom. The number of hydrogen-bond donors (Lipinski definition) is 2. The molecule has 1 fully saturated rings. The van der Waals surface area contributed by atoms with Crippen molar-refractivity contribution in [3.63, 3.8) is 0 Å². The van der Waals surface area contributed by atoms with Gasteiger partial charge in [-0.05, 0) is 31.2 Å². The summed E-state index contributed by atoms with van der Waals surface area (Å²) in [5, 5.41) is 1.73. The standard InChI is InChI=1S/C12H19N3O3S2.ClH/c1-9(13)12(16)15-6-4-10(5-7-15)14-20(17,18)11-3-2-8-19-11;/h2-3,8-10,14H,4-7,13H2,1H3;1H/t9-;/m0./s1. The van der Waals surface area contributed by atoms with Crippen molar-refractivity contribution in [1.82, 2.24) is 9.62 Å². The normalized spacial score (nSPS) is 18.1. The van der Waals surface area contributed by atoms with Crippen LogP contribution in [0.4, 0.5) is 0 Å². The molecule has 1 aromatic heterocycles. The maximum atomic E-state index is 12.1. The lowest BCUT2D eigenvalue weighted by Gasteiger charge is -2.33. The van der Waals surface area contributed by atoms with Crippen molar-refractivity contribution in [2.45, 2.75) is 36.1 Å². The van der Waals surface area contributed by atoms with E-state index in [9.17, 15) is 13.2 Å². The van der Waals surface area contributed by atoms with E-state index in [0.29, 0.717) is 30.1 Å². The largest absolute Gasteiger partial charge is 0.341 e. The third-order valence-corrected chi connectivity index (χ3v) is 6.20. The van der Waals surface area contributed by atoms with Crippen LogP contribution in [0.3, 0.4) is 0 Å². The first-order valence-corrected chi connectivity index (χ1v) is 8.86. The fourth-order valence-electron chi connectivity index (χ4n) is 2.20. The highest BCUT2D eigenvalue weighted by molar-refractivity contribution is 7.91. The van der Waals surface area contributed by atoms with Crippen molar-refractivity contribution in [2.75, 3.05) is 13.1 Å². The quantitative estimate of drug-likeness (QED) is 0.836. The number of sulfonamides is 1. The third-order valence-electron chi connectivity index (χ3n) is 3.28. The molecular formula is C12H20ClN3O3S2. The van der Waals surface area contributed by atoms with E-state index in [1.807, 2.05) is 0 Å². The van der Waals surface area contributed by atoms with Gasteiger partial charge < -0.3 is 10.6 Å². The predicted molar refractivity (Wildman–Crippen MR) is 85.1 cm³/mol. The minimum absolute atomic E-state index is 0. The summed E-state index contributed by atoms with van der Waals surface area (Å²) in [5.41, 5.74) is 5.57. The van der Waals surface area contributed by atoms with Crippen LogP contribution in [-0.4, -0.2) is 44.4 Å². The summed E-state index contributed by atoms with van der Waals surface area (Å²) in [5.74, 6) is -0.0791. The van der Waals surface area contributed by atoms with Crippen LogP contribution in [0.5, 0.6) is 0 Å². The molecule has 1 atom stereocenters. The molecule has 0 unspecified atom stereocenters. The third kappa shape index (κ3) is 4.65. The highest BCUT2D eigenvalue weighted by Gasteiger charge is 2.27. The number of carbonyl (C=O) groups excluding carboxylic acids is 1. The maximum Gasteiger partial charge on any atom is 0.250 e. The van der Waals surface area contributed by atoms with Crippen molar-refractivity contribution in [3.05, 3.63) is 17.5 Å². The molecule has 0 spiro atoms. The molecule has 3 N–H and O–H groups in total. The number of nitrogens with one attached hydrogen (secondary N) is 1. The predicted octanol–water partition coefficient (Wildman–Crippen LogP) is 0.786. The summed E-state index contributed by atoms with van der Waals surface area (Å²) in [7, 11) is -3.43. The Kier molecular flexibility index (Phi) is 6.61. The van der Waals surface area contributed by atoms with Gasteiger partial charge in [0.05, 0.1) is 6.04 Å². The summed E-state index contributed by atoms with van der Waals surface area (Å²) in [6, 6.07) is 2.67. The van der Waals surface area contributed by atoms with Crippen LogP contribution in [0.1, 0.15) is 19.8 Å². The molecular weight excluding hydrogens is 334 g/mol. The van der Waals surface area contributed by atoms with Crippen LogP contribution in [-0.2, 0) is 14.8 Å². The first-order chi connectivity index (χ1) is 9.40. The molecule has 120 valence electrons. The van der Waals surface area contributed by atoms with Crippen molar-refractivity contribution in [1.29, 1.82) is 0 Å². The Labute approximate surface area is 135 Å². The van der Waals surface area contributed by atoms with Gasteiger partial charge in [0.1, 0.15) is 4.21 Å². The van der Waals surface area contributed by atoms with Crippen LogP contribution < -0.4 is 10.5 Å². The minimum Gasteiger partial charge on any atom is -0.341 e. The van der Waals surface area contributed by atoms with Crippen LogP contribution >= 0.6 is 23.7 Å². The smallest absolute Gasteiger partial charge is 0.250 e. The molecule has 21 heavy (non-hydrogen) atoms. The maximum absolute atomic E-state index is 12.1. The van der Waals surface area contributed by atoms with Crippen molar-refractivity contribution < 1.29 is 13.2 Å². The van der Waals surface area contributed by atoms with E-state index in [1.165, 1.54) is 11.3 Å². The van der Waals surface area contributed by atoms with Crippen molar-refractivity contribution >= 4 is 39.7 Å². The first kappa shape index (κ1) is 18.4. The average molecular weight is 354 g/mol. The number of rotatable bonds is 4. The fourth-order valence-corrected chi connectivity index (χ4v) is 4.51. The molecule has 0 aromatic carbocycles. The lowest BCUT2D eigenvalue weighted by molar-refractivity contribution is -0.133. The molecule has 1 saturated heterocycles. The van der Waals surface area contributed by atoms with Gasteiger partial charge in [-0.15, -0.1) is 23.7 Å². The van der Waals surface area contributed by atoms with Gasteiger partial charge in [-0.3, -0.25) is 4.79 Å². The molecule has 0 aliphatic carbocycles. The molecule has 1 aromatic rings. The Balaban J connectivity index is 0.00000220. The number of nitrogens with two attached hydrogens (primary N) is 1. The second-order valence-electron chi connectivity index (χ2n) is 4.94. The molecule has 2 rings (SSSR count). The lowest BCUT2D eigenvalue weighted by Crippen LogP contribution is -2.50. The molecule has 0 radical (unpaired) electrons. The van der Waals surface area contributed by atoms with Gasteiger partial charge in [0.2, 0.25) is 15.9 Å². The Hall–Kier alpha value is -0.670. The number of likely N-dealkylation sites (tertiary alicyclic amines) is 1. The summed E-state index contributed by atoms with van der Waals surface area (Å²) < 4.78 is 27.2. The SMILES string of the molecule is C[C@H](N)C(=O)N1CCC(NS(=O)(=O)c2cccs2)CC1.Cl. The highest BCUT2D eigenvalue weighted by Crippen LogP contribution is 2.18. The number of amides is 1. The van der Waals surface area contributed by atoms with Gasteiger partial charge in [-0.25, -0.2) is 13.1 Å². The molecule has 9 heteroatoms. The van der Waals surface area contributed by atoms with E-state index in [-0.39, 0.29) is 24.4 Å². The number of nitrogens with zero attached hydrogens (tertiary/aromatic N) is 1. The van der Waals surface area contributed by atoms with Gasteiger partial charge in [-0.1, -0.05) is 6.07 Å². The molecule has 2 heterocycles. The summed E-state index contributed by atoms with van der Waals surface area (Å²) >= 11 is 1.20. The van der Waals surface area contributed by atoms with E-state index < -0.39 is 16.1 Å². The Bertz CT molecular complexity index is 552. The second kappa shape index (κ2) is 7.55. The van der Waals surface area contributed by atoms with Crippen molar-refractivity contribution in [2.24, 2.45) is 5.73 Å². The number of thiophene rings is 1. The van der Waals surface area contributed by atoms with E-state index >= 15 is 0 Å². The molecule has 6 nitrogen and oxygen atoms in total. The molecule has 1 aliphatic heterocycles. The van der Waals surface area contributed by atoms with E-state index in [2.05, 4.69) is 4.72 Å². The monoisotopic (exact) mass is 353 g/mol. The Morgan fingerprint density at radius 2 is 2.10 bits per heavy atom. The number of halogens is 1. The van der Waals surface area contributed by atoms with Gasteiger partial charge >= 0.3 is 0 Å². The van der Waals surface area contributed by atoms with E-state index in [0.717, 1.165) is 0 Å². The van der Waals surface area contributed by atoms with E-state index in [4.69, 9.17) is 5.73 Å². The first-order valence-electron chi connectivity index (χ1n) is 6.50. The fraction of sp³-hybridized carbons (Fsp3) is 0.583. The van der Waals surface area contributed by atoms with Crippen LogP contribution in [0, 0.1) is 0 Å².